The van der Waals surface area contributed by atoms with Crippen LogP contribution in [0.5, 0.6) is 0 Å². The molecule has 0 atom stereocenters. The van der Waals surface area contributed by atoms with Crippen molar-refractivity contribution in [2.45, 2.75) is 32.6 Å². The van der Waals surface area contributed by atoms with E-state index < -0.39 is 5.41 Å². The highest BCUT2D eigenvalue weighted by molar-refractivity contribution is 5.97. The molecule has 1 aromatic carbocycles. The van der Waals surface area contributed by atoms with Crippen LogP contribution < -0.4 is 10.2 Å². The molecular formula is C16H21N3O. The lowest BCUT2D eigenvalue weighted by Gasteiger charge is -2.21. The van der Waals surface area contributed by atoms with Crippen LogP contribution in [0.25, 0.3) is 0 Å². The highest BCUT2D eigenvalue weighted by Gasteiger charge is 2.41. The van der Waals surface area contributed by atoms with E-state index in [0.717, 1.165) is 29.8 Å². The minimum Gasteiger partial charge on any atom is -0.377 e. The fourth-order valence-corrected chi connectivity index (χ4v) is 2.79. The Morgan fingerprint density at radius 2 is 2.00 bits per heavy atom. The summed E-state index contributed by atoms with van der Waals surface area (Å²) in [6, 6.07) is 8.05. The number of anilines is 2. The third-order valence-electron chi connectivity index (χ3n) is 4.05. The zero-order valence-corrected chi connectivity index (χ0v) is 12.4. The number of rotatable bonds is 3. The summed E-state index contributed by atoms with van der Waals surface area (Å²) in [5, 5.41) is 12.2. The Kier molecular flexibility index (Phi) is 3.99. The molecule has 1 aromatic rings. The Morgan fingerprint density at radius 3 is 2.55 bits per heavy atom. The molecule has 1 N–H and O–H groups in total. The number of carbonyl (C=O) groups excluding carboxylic acids is 1. The van der Waals surface area contributed by atoms with E-state index in [0.29, 0.717) is 12.8 Å². The zero-order valence-electron chi connectivity index (χ0n) is 12.4. The van der Waals surface area contributed by atoms with Gasteiger partial charge in [-0.3, -0.25) is 4.79 Å². The van der Waals surface area contributed by atoms with Crippen LogP contribution >= 0.6 is 0 Å². The van der Waals surface area contributed by atoms with E-state index in [-0.39, 0.29) is 5.91 Å². The van der Waals surface area contributed by atoms with E-state index in [9.17, 15) is 10.1 Å². The third-order valence-corrected chi connectivity index (χ3v) is 4.05. The van der Waals surface area contributed by atoms with E-state index in [1.807, 2.05) is 44.1 Å². The third kappa shape index (κ3) is 2.62. The predicted octanol–water partition coefficient (Wildman–Crippen LogP) is 3.08. The van der Waals surface area contributed by atoms with Crippen LogP contribution in [0.4, 0.5) is 11.4 Å². The van der Waals surface area contributed by atoms with Gasteiger partial charge in [-0.2, -0.15) is 5.26 Å². The Hall–Kier alpha value is -2.02. The number of benzene rings is 1. The number of nitrogens with one attached hydrogen (secondary N) is 1. The average molecular weight is 271 g/mol. The van der Waals surface area contributed by atoms with Gasteiger partial charge < -0.3 is 10.2 Å². The molecule has 0 unspecified atom stereocenters. The van der Waals surface area contributed by atoms with Gasteiger partial charge in [0.25, 0.3) is 0 Å². The summed E-state index contributed by atoms with van der Waals surface area (Å²) in [4.78, 5) is 14.4. The number of nitrogens with zero attached hydrogens (tertiary/aromatic N) is 2. The number of amides is 1. The van der Waals surface area contributed by atoms with Crippen LogP contribution in [0, 0.1) is 23.7 Å². The van der Waals surface area contributed by atoms with Gasteiger partial charge in [0.15, 0.2) is 0 Å². The van der Waals surface area contributed by atoms with E-state index in [4.69, 9.17) is 0 Å². The van der Waals surface area contributed by atoms with Gasteiger partial charge in [0, 0.05) is 25.5 Å². The Labute approximate surface area is 120 Å². The maximum absolute atomic E-state index is 12.4. The molecule has 1 aliphatic rings. The second kappa shape index (κ2) is 5.54. The van der Waals surface area contributed by atoms with Gasteiger partial charge in [-0.1, -0.05) is 18.9 Å². The second-order valence-electron chi connectivity index (χ2n) is 5.75. The first-order valence-corrected chi connectivity index (χ1v) is 6.99. The van der Waals surface area contributed by atoms with Crippen molar-refractivity contribution in [3.05, 3.63) is 23.8 Å². The molecule has 1 saturated carbocycles. The molecule has 1 aliphatic carbocycles. The van der Waals surface area contributed by atoms with E-state index in [2.05, 4.69) is 11.4 Å². The average Bonchev–Trinajstić information content (AvgIpc) is 2.90. The van der Waals surface area contributed by atoms with Crippen molar-refractivity contribution < 1.29 is 4.79 Å². The molecule has 0 spiro atoms. The number of hydrogen-bond acceptors (Lipinski definition) is 3. The highest BCUT2D eigenvalue weighted by atomic mass is 16.2. The van der Waals surface area contributed by atoms with Gasteiger partial charge in [0.05, 0.1) is 6.07 Å². The van der Waals surface area contributed by atoms with E-state index >= 15 is 0 Å². The van der Waals surface area contributed by atoms with E-state index in [1.54, 1.807) is 0 Å². The van der Waals surface area contributed by atoms with Crippen LogP contribution in [-0.4, -0.2) is 20.0 Å². The first kappa shape index (κ1) is 14.4. The van der Waals surface area contributed by atoms with Gasteiger partial charge >= 0.3 is 0 Å². The minimum atomic E-state index is -0.830. The largest absolute Gasteiger partial charge is 0.377 e. The van der Waals surface area contributed by atoms with Crippen molar-refractivity contribution >= 4 is 17.3 Å². The number of hydrogen-bond donors (Lipinski definition) is 1. The van der Waals surface area contributed by atoms with Crippen molar-refractivity contribution in [3.63, 3.8) is 0 Å². The SMILES string of the molecule is Cc1ccc(NC(=O)C2(C#N)CCCC2)cc1N(C)C. The predicted molar refractivity (Wildman–Crippen MR) is 80.6 cm³/mol. The molecule has 0 aliphatic heterocycles. The molecule has 1 fully saturated rings. The van der Waals surface area contributed by atoms with Gasteiger partial charge in [0.1, 0.15) is 5.41 Å². The summed E-state index contributed by atoms with van der Waals surface area (Å²) >= 11 is 0. The lowest BCUT2D eigenvalue weighted by molar-refractivity contribution is -0.122. The molecule has 1 amide bonds. The maximum atomic E-state index is 12.4. The van der Waals surface area contributed by atoms with E-state index in [1.165, 1.54) is 0 Å². The van der Waals surface area contributed by atoms with Crippen LogP contribution in [-0.2, 0) is 4.79 Å². The number of aryl methyl sites for hydroxylation is 1. The fraction of sp³-hybridized carbons (Fsp3) is 0.500. The monoisotopic (exact) mass is 271 g/mol. The molecule has 0 saturated heterocycles. The van der Waals surface area contributed by atoms with Gasteiger partial charge in [-0.15, -0.1) is 0 Å². The molecule has 0 aromatic heterocycles. The van der Waals surface area contributed by atoms with Crippen LogP contribution in [0.2, 0.25) is 0 Å². The van der Waals surface area contributed by atoms with Crippen molar-refractivity contribution in [1.29, 1.82) is 5.26 Å². The second-order valence-corrected chi connectivity index (χ2v) is 5.75. The van der Waals surface area contributed by atoms with Gasteiger partial charge in [0.2, 0.25) is 5.91 Å². The molecule has 4 heteroatoms. The molecule has 20 heavy (non-hydrogen) atoms. The number of nitriles is 1. The maximum Gasteiger partial charge on any atom is 0.244 e. The first-order chi connectivity index (χ1) is 9.48. The molecule has 0 bridgehead atoms. The van der Waals surface area contributed by atoms with Crippen molar-refractivity contribution in [1.82, 2.24) is 0 Å². The Morgan fingerprint density at radius 1 is 1.35 bits per heavy atom. The van der Waals surface area contributed by atoms with Crippen LogP contribution in [0.3, 0.4) is 0 Å². The standard InChI is InChI=1S/C16H21N3O/c1-12-6-7-13(10-14(12)19(2)3)18-15(20)16(11-17)8-4-5-9-16/h6-7,10H,4-5,8-9H2,1-3H3,(H,18,20). The van der Waals surface area contributed by atoms with Crippen LogP contribution in [0.1, 0.15) is 31.2 Å². The summed E-state index contributed by atoms with van der Waals surface area (Å²) in [5.41, 5.74) is 2.15. The summed E-state index contributed by atoms with van der Waals surface area (Å²) in [7, 11) is 3.95. The van der Waals surface area contributed by atoms with Gasteiger partial charge in [-0.25, -0.2) is 0 Å². The molecular weight excluding hydrogens is 250 g/mol. The lowest BCUT2D eigenvalue weighted by atomic mass is 9.87. The normalized spacial score (nSPS) is 16.5. The van der Waals surface area contributed by atoms with Crippen molar-refractivity contribution in [2.24, 2.45) is 5.41 Å². The molecule has 4 nitrogen and oxygen atoms in total. The topological polar surface area (TPSA) is 56.1 Å². The van der Waals surface area contributed by atoms with Crippen molar-refractivity contribution in [3.8, 4) is 6.07 Å². The minimum absolute atomic E-state index is 0.161. The quantitative estimate of drug-likeness (QED) is 0.919. The summed E-state index contributed by atoms with van der Waals surface area (Å²) in [5.74, 6) is -0.161. The lowest BCUT2D eigenvalue weighted by Crippen LogP contribution is -2.32. The zero-order chi connectivity index (χ0) is 14.8. The molecule has 106 valence electrons. The molecule has 0 radical (unpaired) electrons. The Balaban J connectivity index is 2.20. The fourth-order valence-electron chi connectivity index (χ4n) is 2.79. The molecule has 0 heterocycles. The number of carbonyl (C=O) groups is 1. The Bertz CT molecular complexity index is 551. The van der Waals surface area contributed by atoms with Gasteiger partial charge in [-0.05, 0) is 37.5 Å². The smallest absolute Gasteiger partial charge is 0.244 e. The summed E-state index contributed by atoms with van der Waals surface area (Å²) in [6.45, 7) is 2.04. The highest BCUT2D eigenvalue weighted by Crippen LogP contribution is 2.38. The summed E-state index contributed by atoms with van der Waals surface area (Å²) in [6.07, 6.45) is 3.25. The first-order valence-electron chi connectivity index (χ1n) is 6.99. The summed E-state index contributed by atoms with van der Waals surface area (Å²) < 4.78 is 0. The van der Waals surface area contributed by atoms with Crippen molar-refractivity contribution in [2.75, 3.05) is 24.3 Å². The van der Waals surface area contributed by atoms with Crippen LogP contribution in [0.15, 0.2) is 18.2 Å². The molecule has 2 rings (SSSR count).